The van der Waals surface area contributed by atoms with E-state index in [0.717, 1.165) is 11.1 Å². The van der Waals surface area contributed by atoms with Gasteiger partial charge in [-0.2, -0.15) is 0 Å². The van der Waals surface area contributed by atoms with Gasteiger partial charge in [0.15, 0.2) is 0 Å². The third kappa shape index (κ3) is 4.22. The molecule has 0 saturated carbocycles. The summed E-state index contributed by atoms with van der Waals surface area (Å²) in [5.41, 5.74) is 2.38. The largest absolute Gasteiger partial charge is 0.352 e. The van der Waals surface area contributed by atoms with Gasteiger partial charge in [-0.3, -0.25) is 14.2 Å². The first-order valence-electron chi connectivity index (χ1n) is 8.99. The van der Waals surface area contributed by atoms with E-state index in [1.54, 1.807) is 22.8 Å². The van der Waals surface area contributed by atoms with Crippen LogP contribution in [0.25, 0.3) is 10.9 Å². The Morgan fingerprint density at radius 1 is 1.19 bits per heavy atom. The maximum absolute atomic E-state index is 12.9. The molecule has 3 aromatic rings. The van der Waals surface area contributed by atoms with E-state index < -0.39 is 0 Å². The third-order valence-corrected chi connectivity index (χ3v) is 4.56. The van der Waals surface area contributed by atoms with Gasteiger partial charge in [0.05, 0.1) is 10.9 Å². The number of benzene rings is 2. The van der Waals surface area contributed by atoms with Crippen LogP contribution in [0.5, 0.6) is 0 Å². The van der Waals surface area contributed by atoms with Gasteiger partial charge < -0.3 is 5.32 Å². The fraction of sp³-hybridized carbons (Fsp3) is 0.286. The van der Waals surface area contributed by atoms with Gasteiger partial charge in [0.25, 0.3) is 5.56 Å². The molecule has 1 amide bonds. The van der Waals surface area contributed by atoms with E-state index in [9.17, 15) is 14.0 Å². The molecule has 27 heavy (non-hydrogen) atoms. The van der Waals surface area contributed by atoms with Gasteiger partial charge in [0, 0.05) is 25.9 Å². The summed E-state index contributed by atoms with van der Waals surface area (Å²) < 4.78 is 14.5. The van der Waals surface area contributed by atoms with Gasteiger partial charge in [-0.1, -0.05) is 24.3 Å². The topological polar surface area (TPSA) is 64.0 Å². The minimum atomic E-state index is -0.305. The lowest BCUT2D eigenvalue weighted by Gasteiger charge is -2.13. The van der Waals surface area contributed by atoms with Crippen LogP contribution in [0.4, 0.5) is 4.39 Å². The number of carbonyl (C=O) groups is 1. The van der Waals surface area contributed by atoms with Crippen LogP contribution in [0, 0.1) is 12.7 Å². The second-order valence-electron chi connectivity index (χ2n) is 6.45. The van der Waals surface area contributed by atoms with Gasteiger partial charge in [-0.25, -0.2) is 9.37 Å². The van der Waals surface area contributed by atoms with Gasteiger partial charge in [-0.05, 0) is 43.2 Å². The number of fused-ring (bicyclic) bond motifs is 1. The molecule has 140 valence electrons. The van der Waals surface area contributed by atoms with E-state index in [1.807, 2.05) is 26.0 Å². The van der Waals surface area contributed by atoms with Crippen LogP contribution in [0.15, 0.2) is 47.3 Å². The number of nitrogens with zero attached hydrogens (tertiary/aromatic N) is 2. The standard InChI is InChI=1S/C21H22FN3O2/c1-3-25-18(24-20-14(2)5-4-6-17(20)21(25)27)11-12-19(26)23-13-15-7-9-16(22)10-8-15/h4-10H,3,11-13H2,1-2H3,(H,23,26). The smallest absolute Gasteiger partial charge is 0.261 e. The molecule has 1 aromatic heterocycles. The van der Waals surface area contributed by atoms with Crippen molar-refractivity contribution in [1.82, 2.24) is 14.9 Å². The Morgan fingerprint density at radius 2 is 1.93 bits per heavy atom. The maximum atomic E-state index is 12.9. The summed E-state index contributed by atoms with van der Waals surface area (Å²) in [6.07, 6.45) is 0.605. The Hall–Kier alpha value is -3.02. The summed E-state index contributed by atoms with van der Waals surface area (Å²) in [4.78, 5) is 29.5. The van der Waals surface area contributed by atoms with E-state index in [4.69, 9.17) is 0 Å². The molecule has 1 N–H and O–H groups in total. The molecule has 3 rings (SSSR count). The van der Waals surface area contributed by atoms with Crippen LogP contribution in [-0.4, -0.2) is 15.5 Å². The zero-order chi connectivity index (χ0) is 19.4. The molecule has 0 bridgehead atoms. The third-order valence-electron chi connectivity index (χ3n) is 4.56. The van der Waals surface area contributed by atoms with Gasteiger partial charge in [-0.15, -0.1) is 0 Å². The van der Waals surface area contributed by atoms with Crippen LogP contribution in [0.2, 0.25) is 0 Å². The zero-order valence-electron chi connectivity index (χ0n) is 15.5. The lowest BCUT2D eigenvalue weighted by atomic mass is 10.1. The average molecular weight is 367 g/mol. The van der Waals surface area contributed by atoms with Gasteiger partial charge in [0.1, 0.15) is 11.6 Å². The SMILES string of the molecule is CCn1c(CCC(=O)NCc2ccc(F)cc2)nc2c(C)cccc2c1=O. The summed E-state index contributed by atoms with van der Waals surface area (Å²) in [6, 6.07) is 11.6. The molecule has 6 heteroatoms. The number of amides is 1. The van der Waals surface area contributed by atoms with Crippen molar-refractivity contribution in [3.05, 3.63) is 75.6 Å². The number of hydrogen-bond acceptors (Lipinski definition) is 3. The Bertz CT molecular complexity index is 1030. The van der Waals surface area contributed by atoms with Crippen molar-refractivity contribution >= 4 is 16.8 Å². The van der Waals surface area contributed by atoms with Crippen molar-refractivity contribution in [2.45, 2.75) is 39.8 Å². The quantitative estimate of drug-likeness (QED) is 0.728. The highest BCUT2D eigenvalue weighted by Gasteiger charge is 2.12. The van der Waals surface area contributed by atoms with E-state index in [0.29, 0.717) is 36.2 Å². The van der Waals surface area contributed by atoms with E-state index >= 15 is 0 Å². The summed E-state index contributed by atoms with van der Waals surface area (Å²) in [6.45, 7) is 4.65. The van der Waals surface area contributed by atoms with Crippen molar-refractivity contribution in [3.8, 4) is 0 Å². The first-order chi connectivity index (χ1) is 13.0. The Labute approximate surface area is 156 Å². The number of aromatic nitrogens is 2. The van der Waals surface area contributed by atoms with Crippen LogP contribution < -0.4 is 10.9 Å². The predicted octanol–water partition coefficient (Wildman–Crippen LogP) is 3.11. The molecule has 0 saturated heterocycles. The molecular weight excluding hydrogens is 345 g/mol. The summed E-state index contributed by atoms with van der Waals surface area (Å²) in [5, 5.41) is 3.41. The maximum Gasteiger partial charge on any atom is 0.261 e. The van der Waals surface area contributed by atoms with Crippen molar-refractivity contribution in [2.24, 2.45) is 0 Å². The van der Waals surface area contributed by atoms with E-state index in [2.05, 4.69) is 10.3 Å². The van der Waals surface area contributed by atoms with Gasteiger partial charge in [0.2, 0.25) is 5.91 Å². The van der Waals surface area contributed by atoms with Crippen molar-refractivity contribution in [3.63, 3.8) is 0 Å². The second-order valence-corrected chi connectivity index (χ2v) is 6.45. The number of nitrogens with one attached hydrogen (secondary N) is 1. The van der Waals surface area contributed by atoms with E-state index in [1.165, 1.54) is 12.1 Å². The number of carbonyl (C=O) groups excluding carboxylic acids is 1. The minimum Gasteiger partial charge on any atom is -0.352 e. The summed E-state index contributed by atoms with van der Waals surface area (Å²) in [5.74, 6) is 0.169. The van der Waals surface area contributed by atoms with Crippen molar-refractivity contribution in [1.29, 1.82) is 0 Å². The Kier molecular flexibility index (Phi) is 5.64. The highest BCUT2D eigenvalue weighted by atomic mass is 19.1. The van der Waals surface area contributed by atoms with Crippen LogP contribution in [0.3, 0.4) is 0 Å². The normalized spacial score (nSPS) is 10.9. The van der Waals surface area contributed by atoms with Gasteiger partial charge >= 0.3 is 0 Å². The van der Waals surface area contributed by atoms with Crippen molar-refractivity contribution < 1.29 is 9.18 Å². The van der Waals surface area contributed by atoms with Crippen molar-refractivity contribution in [2.75, 3.05) is 0 Å². The van der Waals surface area contributed by atoms with Crippen LogP contribution in [0.1, 0.15) is 30.3 Å². The predicted molar refractivity (Wildman–Crippen MR) is 103 cm³/mol. The van der Waals surface area contributed by atoms with Crippen LogP contribution in [-0.2, 0) is 24.3 Å². The monoisotopic (exact) mass is 367 g/mol. The second kappa shape index (κ2) is 8.12. The molecule has 0 aliphatic carbocycles. The first-order valence-corrected chi connectivity index (χ1v) is 8.99. The number of rotatable bonds is 6. The molecule has 0 radical (unpaired) electrons. The molecule has 2 aromatic carbocycles. The highest BCUT2D eigenvalue weighted by molar-refractivity contribution is 5.81. The molecule has 5 nitrogen and oxygen atoms in total. The number of hydrogen-bond donors (Lipinski definition) is 1. The fourth-order valence-corrected chi connectivity index (χ4v) is 3.07. The molecule has 0 spiro atoms. The lowest BCUT2D eigenvalue weighted by molar-refractivity contribution is -0.121. The summed E-state index contributed by atoms with van der Waals surface area (Å²) in [7, 11) is 0. The zero-order valence-corrected chi connectivity index (χ0v) is 15.5. The Morgan fingerprint density at radius 3 is 2.63 bits per heavy atom. The number of para-hydroxylation sites is 1. The minimum absolute atomic E-state index is 0.0760. The fourth-order valence-electron chi connectivity index (χ4n) is 3.07. The highest BCUT2D eigenvalue weighted by Crippen LogP contribution is 2.14. The lowest BCUT2D eigenvalue weighted by Crippen LogP contribution is -2.27. The number of halogens is 1. The van der Waals surface area contributed by atoms with Crippen LogP contribution >= 0.6 is 0 Å². The summed E-state index contributed by atoms with van der Waals surface area (Å²) >= 11 is 0. The number of aryl methyl sites for hydroxylation is 2. The average Bonchev–Trinajstić information content (AvgIpc) is 2.67. The Balaban J connectivity index is 1.72. The molecule has 0 fully saturated rings. The molecule has 0 unspecified atom stereocenters. The molecule has 1 heterocycles. The van der Waals surface area contributed by atoms with E-state index in [-0.39, 0.29) is 23.7 Å². The first kappa shape index (κ1) is 18.8. The molecule has 0 aliphatic rings. The molecule has 0 atom stereocenters. The molecule has 0 aliphatic heterocycles. The molecular formula is C21H22FN3O2.